The van der Waals surface area contributed by atoms with Crippen molar-refractivity contribution in [3.05, 3.63) is 150 Å². The minimum absolute atomic E-state index is 0.0113. The van der Waals surface area contributed by atoms with E-state index in [1.54, 1.807) is 24.3 Å². The van der Waals surface area contributed by atoms with Gasteiger partial charge < -0.3 is 34.9 Å². The highest BCUT2D eigenvalue weighted by atomic mass is 16.7. The molecule has 0 saturated carbocycles. The summed E-state index contributed by atoms with van der Waals surface area (Å²) < 4.78 is 18.9. The first-order valence-electron chi connectivity index (χ1n) is 16.1. The molecule has 1 saturated heterocycles. The zero-order valence-electron chi connectivity index (χ0n) is 26.9. The van der Waals surface area contributed by atoms with E-state index in [1.165, 1.54) is 0 Å². The van der Waals surface area contributed by atoms with Crippen molar-refractivity contribution in [3.63, 3.8) is 0 Å². The molecular weight excluding hydrogens is 604 g/mol. The zero-order valence-corrected chi connectivity index (χ0v) is 26.9. The molecule has 2 amide bonds. The summed E-state index contributed by atoms with van der Waals surface area (Å²) >= 11 is 0. The van der Waals surface area contributed by atoms with Gasteiger partial charge in [-0.1, -0.05) is 60.7 Å². The van der Waals surface area contributed by atoms with Crippen molar-refractivity contribution in [1.82, 2.24) is 9.88 Å². The Kier molecular flexibility index (Phi) is 11.1. The average Bonchev–Trinajstić information content (AvgIpc) is 3.12. The number of nitrogens with zero attached hydrogens (tertiary/aromatic N) is 2. The smallest absolute Gasteiger partial charge is 0.323 e. The Morgan fingerprint density at radius 2 is 1.58 bits per heavy atom. The number of carbonyl (C=O) groups is 1. The molecule has 3 atom stereocenters. The Balaban J connectivity index is 1.10. The van der Waals surface area contributed by atoms with Gasteiger partial charge >= 0.3 is 6.03 Å². The Morgan fingerprint density at radius 1 is 0.833 bits per heavy atom. The minimum atomic E-state index is -0.641. The number of aliphatic hydroxyl groups excluding tert-OH is 1. The van der Waals surface area contributed by atoms with E-state index in [2.05, 4.69) is 27.6 Å². The van der Waals surface area contributed by atoms with E-state index < -0.39 is 6.29 Å². The molecule has 1 aromatic heterocycles. The number of amides is 2. The maximum Gasteiger partial charge on any atom is 0.323 e. The highest BCUT2D eigenvalue weighted by molar-refractivity contribution is 5.99. The van der Waals surface area contributed by atoms with Gasteiger partial charge in [-0.2, -0.15) is 0 Å². The fraction of sp³-hybridized carbons (Fsp3) is 0.231. The standard InChI is InChI=1S/C39H40N4O5/c1-43(23-21-31-9-5-6-22-40-31)26-36-25-37(29-15-13-28(27-44)14-16-29)48-38(47-36)30-8-7-10-33(24-30)42-39(45)41-32-17-19-35(20-18-32)46-34-11-3-2-4-12-34/h2-20,22,24,36-38,44H,21,23,25-27H2,1H3,(H2,41,42,45)/t36-,37+,38+/m1/s1. The van der Waals surface area contributed by atoms with Gasteiger partial charge in [0.05, 0.1) is 18.8 Å². The quantitative estimate of drug-likeness (QED) is 0.128. The van der Waals surface area contributed by atoms with Crippen LogP contribution in [0.3, 0.4) is 0 Å². The van der Waals surface area contributed by atoms with Gasteiger partial charge in [0.1, 0.15) is 11.5 Å². The molecule has 0 unspecified atom stereocenters. The number of benzene rings is 4. The molecule has 0 aliphatic carbocycles. The van der Waals surface area contributed by atoms with Crippen LogP contribution in [0.15, 0.2) is 128 Å². The van der Waals surface area contributed by atoms with E-state index in [9.17, 15) is 9.90 Å². The predicted molar refractivity (Wildman–Crippen MR) is 186 cm³/mol. The highest BCUT2D eigenvalue weighted by Gasteiger charge is 2.33. The third-order valence-electron chi connectivity index (χ3n) is 8.11. The SMILES string of the molecule is CN(CCc1ccccn1)C[C@H]1C[C@@H](c2ccc(CO)cc2)O[C@@H](c2cccc(NC(=O)Nc3ccc(Oc4ccccc4)cc3)c2)O1. The number of hydrogen-bond donors (Lipinski definition) is 3. The molecule has 1 fully saturated rings. The van der Waals surface area contributed by atoms with E-state index in [0.717, 1.165) is 41.1 Å². The average molecular weight is 645 g/mol. The summed E-state index contributed by atoms with van der Waals surface area (Å²) in [6, 6.07) is 37.7. The molecule has 6 rings (SSSR count). The van der Waals surface area contributed by atoms with Crippen molar-refractivity contribution in [2.24, 2.45) is 0 Å². The molecule has 1 aliphatic heterocycles. The van der Waals surface area contributed by atoms with Crippen LogP contribution < -0.4 is 15.4 Å². The molecule has 0 spiro atoms. The normalized spacial score (nSPS) is 17.5. The van der Waals surface area contributed by atoms with Crippen LogP contribution in [0.5, 0.6) is 11.5 Å². The number of nitrogens with one attached hydrogen (secondary N) is 2. The van der Waals surface area contributed by atoms with E-state index in [1.807, 2.05) is 103 Å². The third kappa shape index (κ3) is 9.27. The topological polar surface area (TPSA) is 105 Å². The first-order chi connectivity index (χ1) is 23.5. The number of aromatic nitrogens is 1. The molecule has 9 heteroatoms. The summed E-state index contributed by atoms with van der Waals surface area (Å²) in [7, 11) is 2.09. The number of rotatable bonds is 12. The van der Waals surface area contributed by atoms with Gasteiger partial charge in [0.15, 0.2) is 6.29 Å². The number of hydrogen-bond acceptors (Lipinski definition) is 7. The number of urea groups is 1. The van der Waals surface area contributed by atoms with Gasteiger partial charge in [0, 0.05) is 54.8 Å². The van der Waals surface area contributed by atoms with Crippen LogP contribution in [0, 0.1) is 0 Å². The van der Waals surface area contributed by atoms with Crippen LogP contribution in [0.1, 0.15) is 41.2 Å². The maximum absolute atomic E-state index is 12.9. The fourth-order valence-corrected chi connectivity index (χ4v) is 5.61. The molecule has 0 radical (unpaired) electrons. The van der Waals surface area contributed by atoms with Crippen molar-refractivity contribution >= 4 is 17.4 Å². The monoisotopic (exact) mass is 644 g/mol. The van der Waals surface area contributed by atoms with Crippen molar-refractivity contribution in [2.75, 3.05) is 30.8 Å². The lowest BCUT2D eigenvalue weighted by Gasteiger charge is -2.38. The number of anilines is 2. The first kappa shape index (κ1) is 32.9. The predicted octanol–water partition coefficient (Wildman–Crippen LogP) is 7.73. The summed E-state index contributed by atoms with van der Waals surface area (Å²) in [5.74, 6) is 1.42. The molecule has 3 N–H and O–H groups in total. The molecule has 246 valence electrons. The second-order valence-electron chi connectivity index (χ2n) is 11.8. The summed E-state index contributed by atoms with van der Waals surface area (Å²) in [5.41, 5.74) is 4.97. The van der Waals surface area contributed by atoms with Gasteiger partial charge in [-0.15, -0.1) is 0 Å². The number of pyridine rings is 1. The summed E-state index contributed by atoms with van der Waals surface area (Å²) in [6.07, 6.45) is 2.39. The number of carbonyl (C=O) groups excluding carboxylic acids is 1. The van der Waals surface area contributed by atoms with Crippen molar-refractivity contribution in [3.8, 4) is 11.5 Å². The molecule has 0 bridgehead atoms. The van der Waals surface area contributed by atoms with Crippen LogP contribution in [0.25, 0.3) is 0 Å². The Hall–Kier alpha value is -5.06. The second-order valence-corrected chi connectivity index (χ2v) is 11.8. The van der Waals surface area contributed by atoms with Crippen LogP contribution in [0.2, 0.25) is 0 Å². The maximum atomic E-state index is 12.9. The Morgan fingerprint density at radius 3 is 2.33 bits per heavy atom. The molecule has 4 aromatic carbocycles. The molecule has 2 heterocycles. The van der Waals surface area contributed by atoms with Crippen LogP contribution in [0.4, 0.5) is 16.2 Å². The Bertz CT molecular complexity index is 1740. The number of para-hydroxylation sites is 1. The molecular formula is C39H40N4O5. The van der Waals surface area contributed by atoms with Crippen molar-refractivity contribution in [1.29, 1.82) is 0 Å². The van der Waals surface area contributed by atoms with E-state index in [-0.39, 0.29) is 24.8 Å². The largest absolute Gasteiger partial charge is 0.457 e. The Labute approximate surface area is 281 Å². The van der Waals surface area contributed by atoms with Crippen LogP contribution in [-0.2, 0) is 22.5 Å². The third-order valence-corrected chi connectivity index (χ3v) is 8.11. The van der Waals surface area contributed by atoms with Gasteiger partial charge in [-0.25, -0.2) is 4.79 Å². The number of ether oxygens (including phenoxy) is 3. The zero-order chi connectivity index (χ0) is 33.1. The van der Waals surface area contributed by atoms with Gasteiger partial charge in [-0.3, -0.25) is 4.98 Å². The van der Waals surface area contributed by atoms with Gasteiger partial charge in [0.25, 0.3) is 0 Å². The molecule has 48 heavy (non-hydrogen) atoms. The lowest BCUT2D eigenvalue weighted by Crippen LogP contribution is -2.38. The number of likely N-dealkylation sites (N-methyl/N-ethyl adjacent to an activating group) is 1. The number of aliphatic hydroxyl groups is 1. The fourth-order valence-electron chi connectivity index (χ4n) is 5.61. The summed E-state index contributed by atoms with van der Waals surface area (Å²) in [4.78, 5) is 19.6. The molecule has 1 aliphatic rings. The van der Waals surface area contributed by atoms with Crippen molar-refractivity contribution < 1.29 is 24.1 Å². The van der Waals surface area contributed by atoms with Crippen LogP contribution in [-0.4, -0.2) is 47.3 Å². The molecule has 9 nitrogen and oxygen atoms in total. The highest BCUT2D eigenvalue weighted by Crippen LogP contribution is 2.38. The van der Waals surface area contributed by atoms with Crippen molar-refractivity contribution in [2.45, 2.75) is 37.9 Å². The van der Waals surface area contributed by atoms with Gasteiger partial charge in [-0.05, 0) is 78.8 Å². The summed E-state index contributed by atoms with van der Waals surface area (Å²) in [5, 5.41) is 15.3. The van der Waals surface area contributed by atoms with Gasteiger partial charge in [0.2, 0.25) is 0 Å². The lowest BCUT2D eigenvalue weighted by atomic mass is 9.99. The van der Waals surface area contributed by atoms with Crippen LogP contribution >= 0.6 is 0 Å². The van der Waals surface area contributed by atoms with E-state index in [4.69, 9.17) is 14.2 Å². The second kappa shape index (κ2) is 16.2. The van der Waals surface area contributed by atoms with E-state index in [0.29, 0.717) is 30.1 Å². The minimum Gasteiger partial charge on any atom is -0.457 e. The molecule has 5 aromatic rings. The van der Waals surface area contributed by atoms with E-state index >= 15 is 0 Å². The lowest BCUT2D eigenvalue weighted by molar-refractivity contribution is -0.252. The summed E-state index contributed by atoms with van der Waals surface area (Å²) in [6.45, 7) is 1.55. The first-order valence-corrected chi connectivity index (χ1v) is 16.1.